The van der Waals surface area contributed by atoms with Crippen molar-refractivity contribution in [3.05, 3.63) is 47.2 Å². The van der Waals surface area contributed by atoms with Gasteiger partial charge in [0.2, 0.25) is 0 Å². The quantitative estimate of drug-likeness (QED) is 0.408. The predicted octanol–water partition coefficient (Wildman–Crippen LogP) is 0.869. The Hall–Kier alpha value is -2.09. The first kappa shape index (κ1) is 18.0. The van der Waals surface area contributed by atoms with Crippen LogP contribution in [-0.4, -0.2) is 31.6 Å². The molecule has 1 atom stereocenters. The number of carbonyl (C=O) groups excluding carboxylic acids is 1. The molecule has 22 heavy (non-hydrogen) atoms. The van der Waals surface area contributed by atoms with E-state index in [4.69, 9.17) is 25.7 Å². The lowest BCUT2D eigenvalue weighted by atomic mass is 10.1. The molecule has 0 aliphatic carbocycles. The number of benzene rings is 1. The van der Waals surface area contributed by atoms with Crippen molar-refractivity contribution in [2.24, 2.45) is 5.73 Å². The van der Waals surface area contributed by atoms with Crippen molar-refractivity contribution in [3.63, 3.8) is 0 Å². The molecule has 1 aliphatic rings. The predicted molar refractivity (Wildman–Crippen MR) is 82.5 cm³/mol. The largest absolute Gasteiger partial charge is 0.384 e. The number of nitrogens with two attached hydrogens (primary N) is 1. The summed E-state index contributed by atoms with van der Waals surface area (Å²) in [6.07, 6.45) is 0.819. The van der Waals surface area contributed by atoms with Crippen LogP contribution in [-0.2, 0) is 25.9 Å². The Morgan fingerprint density at radius 3 is 2.64 bits per heavy atom. The lowest BCUT2D eigenvalue weighted by molar-refractivity contribution is -0.243. The average molecular weight is 328 g/mol. The van der Waals surface area contributed by atoms with Crippen molar-refractivity contribution in [1.82, 2.24) is 5.32 Å². The third-order valence-electron chi connectivity index (χ3n) is 2.97. The zero-order valence-electron chi connectivity index (χ0n) is 12.0. The minimum atomic E-state index is -0.830. The molecule has 1 aliphatic heterocycles. The highest BCUT2D eigenvalue weighted by molar-refractivity contribution is 5.94. The van der Waals surface area contributed by atoms with E-state index in [1.54, 1.807) is 30.3 Å². The van der Waals surface area contributed by atoms with Crippen LogP contribution in [0.2, 0.25) is 0 Å². The van der Waals surface area contributed by atoms with Gasteiger partial charge in [-0.15, -0.1) is 12.4 Å². The number of halogens is 1. The zero-order chi connectivity index (χ0) is 15.2. The van der Waals surface area contributed by atoms with Gasteiger partial charge in [0.1, 0.15) is 12.4 Å². The second-order valence-electron chi connectivity index (χ2n) is 4.42. The second-order valence-corrected chi connectivity index (χ2v) is 4.42. The van der Waals surface area contributed by atoms with Gasteiger partial charge in [0.15, 0.2) is 11.9 Å². The van der Waals surface area contributed by atoms with Crippen molar-refractivity contribution in [3.8, 4) is 0 Å². The van der Waals surface area contributed by atoms with E-state index in [1.165, 1.54) is 7.11 Å². The van der Waals surface area contributed by atoms with Gasteiger partial charge in [0.05, 0.1) is 0 Å². The molecule has 0 spiro atoms. The van der Waals surface area contributed by atoms with E-state index in [9.17, 15) is 4.79 Å². The smallest absolute Gasteiger partial charge is 0.257 e. The van der Waals surface area contributed by atoms with Crippen molar-refractivity contribution in [2.45, 2.75) is 12.6 Å². The molecule has 0 radical (unpaired) electrons. The molecule has 1 amide bonds. The Kier molecular flexibility index (Phi) is 6.84. The summed E-state index contributed by atoms with van der Waals surface area (Å²) < 4.78 is 5.11. The number of amides is 1. The number of hydrogen-bond acceptors (Lipinski definition) is 5. The van der Waals surface area contributed by atoms with Crippen LogP contribution < -0.4 is 11.1 Å². The molecule has 4 N–H and O–H groups in total. The lowest BCUT2D eigenvalue weighted by Crippen LogP contribution is -2.36. The standard InChI is InChI=1S/C14H17N3O4.ClH/c1-19-12(11-6-7-20-21-11)14(18)17-8-9-2-4-10(5-3-9)13(15)16;/h2-6,12H,7-8H2,1H3,(H3,15,16)(H,17,18);1H. The van der Waals surface area contributed by atoms with Gasteiger partial charge in [-0.2, -0.15) is 4.89 Å². The minimum Gasteiger partial charge on any atom is -0.384 e. The molecule has 0 fully saturated rings. The number of nitrogen functional groups attached to an aromatic ring is 1. The van der Waals surface area contributed by atoms with E-state index in [0.29, 0.717) is 24.5 Å². The van der Waals surface area contributed by atoms with Gasteiger partial charge in [-0.3, -0.25) is 10.2 Å². The topological polar surface area (TPSA) is 107 Å². The Morgan fingerprint density at radius 1 is 1.45 bits per heavy atom. The van der Waals surface area contributed by atoms with Crippen LogP contribution in [0.5, 0.6) is 0 Å². The molecule has 7 nitrogen and oxygen atoms in total. The van der Waals surface area contributed by atoms with Crippen molar-refractivity contribution in [1.29, 1.82) is 5.41 Å². The first-order valence-electron chi connectivity index (χ1n) is 6.35. The summed E-state index contributed by atoms with van der Waals surface area (Å²) in [5.74, 6) is 0.0437. The van der Waals surface area contributed by atoms with Crippen LogP contribution in [0.15, 0.2) is 36.1 Å². The maximum absolute atomic E-state index is 12.0. The number of hydrogen-bond donors (Lipinski definition) is 3. The number of ether oxygens (including phenoxy) is 1. The Bertz CT molecular complexity index is 560. The number of nitrogens with one attached hydrogen (secondary N) is 2. The van der Waals surface area contributed by atoms with Gasteiger partial charge < -0.3 is 20.7 Å². The molecule has 0 saturated heterocycles. The highest BCUT2D eigenvalue weighted by atomic mass is 35.5. The van der Waals surface area contributed by atoms with Gasteiger partial charge >= 0.3 is 0 Å². The first-order valence-corrected chi connectivity index (χ1v) is 6.35. The summed E-state index contributed by atoms with van der Waals surface area (Å²) in [4.78, 5) is 21.6. The fourth-order valence-corrected chi connectivity index (χ4v) is 1.84. The van der Waals surface area contributed by atoms with Crippen molar-refractivity contribution in [2.75, 3.05) is 13.7 Å². The highest BCUT2D eigenvalue weighted by Crippen LogP contribution is 2.14. The summed E-state index contributed by atoms with van der Waals surface area (Å²) in [5, 5.41) is 10.1. The van der Waals surface area contributed by atoms with E-state index < -0.39 is 6.10 Å². The molecular formula is C14H18ClN3O4. The summed E-state index contributed by atoms with van der Waals surface area (Å²) in [5.41, 5.74) is 6.91. The number of carbonyl (C=O) groups is 1. The molecule has 8 heteroatoms. The lowest BCUT2D eigenvalue weighted by Gasteiger charge is -2.15. The minimum absolute atomic E-state index is 0. The fourth-order valence-electron chi connectivity index (χ4n) is 1.84. The third-order valence-corrected chi connectivity index (χ3v) is 2.97. The molecule has 1 aromatic rings. The van der Waals surface area contributed by atoms with Crippen LogP contribution in [0.25, 0.3) is 0 Å². The molecule has 2 rings (SSSR count). The zero-order valence-corrected chi connectivity index (χ0v) is 12.8. The summed E-state index contributed by atoms with van der Waals surface area (Å²) in [6.45, 7) is 0.639. The second kappa shape index (κ2) is 8.38. The average Bonchev–Trinajstić information content (AvgIpc) is 3.00. The van der Waals surface area contributed by atoms with E-state index in [0.717, 1.165) is 5.56 Å². The van der Waals surface area contributed by atoms with E-state index in [-0.39, 0.29) is 24.1 Å². The number of methoxy groups -OCH3 is 1. The van der Waals surface area contributed by atoms with E-state index in [1.807, 2.05) is 0 Å². The normalized spacial score (nSPS) is 14.3. The molecule has 1 aromatic carbocycles. The molecular weight excluding hydrogens is 310 g/mol. The van der Waals surface area contributed by atoms with E-state index in [2.05, 4.69) is 5.32 Å². The van der Waals surface area contributed by atoms with Crippen LogP contribution in [0.4, 0.5) is 0 Å². The van der Waals surface area contributed by atoms with Crippen LogP contribution in [0.3, 0.4) is 0 Å². The summed E-state index contributed by atoms with van der Waals surface area (Å²) in [7, 11) is 1.43. The Balaban J connectivity index is 0.00000242. The van der Waals surface area contributed by atoms with Crippen LogP contribution in [0, 0.1) is 5.41 Å². The SMILES string of the molecule is COC(C(=O)NCc1ccc(C(=N)N)cc1)C1=CCOO1.Cl. The fraction of sp³-hybridized carbons (Fsp3) is 0.286. The van der Waals surface area contributed by atoms with Crippen LogP contribution >= 0.6 is 12.4 Å². The third kappa shape index (κ3) is 4.45. The number of rotatable bonds is 6. The molecule has 0 saturated carbocycles. The monoisotopic (exact) mass is 327 g/mol. The van der Waals surface area contributed by atoms with Crippen molar-refractivity contribution >= 4 is 24.1 Å². The summed E-state index contributed by atoms with van der Waals surface area (Å²) >= 11 is 0. The molecule has 0 aromatic heterocycles. The van der Waals surface area contributed by atoms with Gasteiger partial charge in [-0.1, -0.05) is 24.3 Å². The Labute approximate surface area is 134 Å². The summed E-state index contributed by atoms with van der Waals surface area (Å²) in [6, 6.07) is 7.06. The molecule has 1 unspecified atom stereocenters. The number of amidine groups is 1. The maximum Gasteiger partial charge on any atom is 0.257 e. The molecule has 1 heterocycles. The Morgan fingerprint density at radius 2 is 2.14 bits per heavy atom. The maximum atomic E-state index is 12.0. The highest BCUT2D eigenvalue weighted by Gasteiger charge is 2.27. The molecule has 120 valence electrons. The van der Waals surface area contributed by atoms with E-state index >= 15 is 0 Å². The van der Waals surface area contributed by atoms with Crippen LogP contribution in [0.1, 0.15) is 11.1 Å². The van der Waals surface area contributed by atoms with Gasteiger partial charge in [0.25, 0.3) is 5.91 Å². The van der Waals surface area contributed by atoms with Crippen molar-refractivity contribution < 1.29 is 19.3 Å². The van der Waals surface area contributed by atoms with Gasteiger partial charge in [-0.25, -0.2) is 0 Å². The van der Waals surface area contributed by atoms with Gasteiger partial charge in [0, 0.05) is 19.2 Å². The van der Waals surface area contributed by atoms with Gasteiger partial charge in [-0.05, 0) is 11.6 Å². The first-order chi connectivity index (χ1) is 10.1. The molecule has 0 bridgehead atoms.